The highest BCUT2D eigenvalue weighted by Crippen LogP contribution is 2.32. The van der Waals surface area contributed by atoms with Gasteiger partial charge in [0.05, 0.1) is 21.9 Å². The number of aryl methyl sites for hydroxylation is 1. The minimum atomic E-state index is -4.23. The second kappa shape index (κ2) is 9.96. The smallest absolute Gasteiger partial charge is 0.328 e. The van der Waals surface area contributed by atoms with Gasteiger partial charge >= 0.3 is 6.03 Å². The van der Waals surface area contributed by atoms with Crippen molar-refractivity contribution in [1.29, 1.82) is 0 Å². The number of halogens is 2. The molecule has 10 nitrogen and oxygen atoms in total. The molecule has 1 unspecified atom stereocenters. The lowest BCUT2D eigenvalue weighted by Gasteiger charge is -2.13. The molecule has 176 valence electrons. The molecule has 13 heteroatoms. The van der Waals surface area contributed by atoms with E-state index in [2.05, 4.69) is 15.6 Å². The van der Waals surface area contributed by atoms with E-state index in [-0.39, 0.29) is 18.7 Å². The summed E-state index contributed by atoms with van der Waals surface area (Å²) in [6, 6.07) is 6.12. The Bertz CT molecular complexity index is 1310. The van der Waals surface area contributed by atoms with Gasteiger partial charge in [0.15, 0.2) is 5.03 Å². The maximum absolute atomic E-state index is 12.7. The molecule has 3 aromatic rings. The molecule has 3 rings (SSSR count). The fraction of sp³-hybridized carbons (Fsp3) is 0.250. The molecule has 3 amide bonds. The Morgan fingerprint density at radius 3 is 2.58 bits per heavy atom. The zero-order valence-electron chi connectivity index (χ0n) is 17.6. The van der Waals surface area contributed by atoms with E-state index in [0.717, 1.165) is 12.3 Å². The third kappa shape index (κ3) is 5.56. The number of hydrogen-bond donors (Lipinski definition) is 4. The average molecular weight is 514 g/mol. The topological polar surface area (TPSA) is 142 Å². The van der Waals surface area contributed by atoms with Crippen LogP contribution in [0.4, 0.5) is 10.5 Å². The number of nitrogens with zero attached hydrogens (tertiary/aromatic N) is 2. The number of urea groups is 1. The van der Waals surface area contributed by atoms with Crippen LogP contribution in [0.15, 0.2) is 41.6 Å². The predicted octanol–water partition coefficient (Wildman–Crippen LogP) is 2.89. The summed E-state index contributed by atoms with van der Waals surface area (Å²) < 4.78 is 28.2. The molecular weight excluding hydrogens is 493 g/mol. The Morgan fingerprint density at radius 2 is 1.94 bits per heavy atom. The van der Waals surface area contributed by atoms with E-state index in [9.17, 15) is 18.0 Å². The van der Waals surface area contributed by atoms with Crippen LogP contribution >= 0.6 is 23.2 Å². The van der Waals surface area contributed by atoms with Crippen LogP contribution < -0.4 is 15.4 Å². The SMILES string of the molecule is CC(CCO)NC(=O)NS(=O)(=O)c1ccc(NC(=O)c2cc3c(Cl)c(Cl)ccc3n2C)cn1. The quantitative estimate of drug-likeness (QED) is 0.382. The summed E-state index contributed by atoms with van der Waals surface area (Å²) in [5.41, 5.74) is 1.27. The molecule has 1 atom stereocenters. The lowest BCUT2D eigenvalue weighted by molar-refractivity contribution is 0.101. The van der Waals surface area contributed by atoms with Gasteiger partial charge in [-0.1, -0.05) is 23.2 Å². The fourth-order valence-corrected chi connectivity index (χ4v) is 4.29. The molecule has 0 fully saturated rings. The second-order valence-corrected chi connectivity index (χ2v) is 9.63. The lowest BCUT2D eigenvalue weighted by atomic mass is 10.2. The first-order valence-electron chi connectivity index (χ1n) is 9.68. The molecule has 0 aliphatic heterocycles. The fourth-order valence-electron chi connectivity index (χ4n) is 3.07. The second-order valence-electron chi connectivity index (χ2n) is 7.21. The van der Waals surface area contributed by atoms with Crippen LogP contribution in [0.5, 0.6) is 0 Å². The Morgan fingerprint density at radius 1 is 1.21 bits per heavy atom. The van der Waals surface area contributed by atoms with E-state index >= 15 is 0 Å². The zero-order chi connectivity index (χ0) is 24.3. The molecule has 0 spiro atoms. The highest BCUT2D eigenvalue weighted by Gasteiger charge is 2.21. The predicted molar refractivity (Wildman–Crippen MR) is 125 cm³/mol. The highest BCUT2D eigenvalue weighted by molar-refractivity contribution is 7.90. The van der Waals surface area contributed by atoms with Gasteiger partial charge in [0.25, 0.3) is 15.9 Å². The summed E-state index contributed by atoms with van der Waals surface area (Å²) in [5.74, 6) is -0.464. The van der Waals surface area contributed by atoms with Gasteiger partial charge in [-0.2, -0.15) is 8.42 Å². The third-order valence-corrected chi connectivity index (χ3v) is 6.85. The number of aliphatic hydroxyl groups is 1. The number of nitrogens with one attached hydrogen (secondary N) is 3. The monoisotopic (exact) mass is 513 g/mol. The van der Waals surface area contributed by atoms with Crippen molar-refractivity contribution in [3.63, 3.8) is 0 Å². The largest absolute Gasteiger partial charge is 0.396 e. The summed E-state index contributed by atoms with van der Waals surface area (Å²) in [5, 5.41) is 14.8. The number of pyridine rings is 1. The zero-order valence-corrected chi connectivity index (χ0v) is 19.9. The highest BCUT2D eigenvalue weighted by atomic mass is 35.5. The molecule has 0 aliphatic rings. The molecule has 2 heterocycles. The summed E-state index contributed by atoms with van der Waals surface area (Å²) >= 11 is 12.3. The lowest BCUT2D eigenvalue weighted by Crippen LogP contribution is -2.43. The van der Waals surface area contributed by atoms with Gasteiger partial charge in [-0.3, -0.25) is 4.79 Å². The molecule has 2 aromatic heterocycles. The van der Waals surface area contributed by atoms with Crippen molar-refractivity contribution in [1.82, 2.24) is 19.6 Å². The maximum atomic E-state index is 12.7. The van der Waals surface area contributed by atoms with Crippen molar-refractivity contribution >= 4 is 61.8 Å². The summed E-state index contributed by atoms with van der Waals surface area (Å²) in [4.78, 5) is 28.4. The van der Waals surface area contributed by atoms with Crippen molar-refractivity contribution in [2.45, 2.75) is 24.4 Å². The van der Waals surface area contributed by atoms with Gasteiger partial charge in [-0.15, -0.1) is 0 Å². The molecule has 0 bridgehead atoms. The van der Waals surface area contributed by atoms with E-state index in [1.165, 1.54) is 6.07 Å². The number of sulfonamides is 1. The number of carbonyl (C=O) groups is 2. The van der Waals surface area contributed by atoms with Crippen LogP contribution in [0, 0.1) is 0 Å². The van der Waals surface area contributed by atoms with Crippen LogP contribution in [-0.4, -0.2) is 47.7 Å². The van der Waals surface area contributed by atoms with Crippen molar-refractivity contribution in [2.75, 3.05) is 11.9 Å². The standard InChI is InChI=1S/C20H21Cl2N5O5S/c1-11(7-8-28)24-20(30)26-33(31,32)17-6-3-12(10-23-17)25-19(29)16-9-13-15(27(16)2)5-4-14(21)18(13)22/h3-6,9-11,28H,7-8H2,1-2H3,(H,25,29)(H2,24,26,30). The first-order valence-corrected chi connectivity index (χ1v) is 11.9. The van der Waals surface area contributed by atoms with Gasteiger partial charge < -0.3 is 20.3 Å². The summed E-state index contributed by atoms with van der Waals surface area (Å²) in [6.45, 7) is 1.47. The molecule has 1 aromatic carbocycles. The minimum Gasteiger partial charge on any atom is -0.396 e. The van der Waals surface area contributed by atoms with Crippen LogP contribution in [0.25, 0.3) is 10.9 Å². The molecule has 0 aliphatic carbocycles. The number of rotatable bonds is 7. The first kappa shape index (κ1) is 24.8. The Hall–Kier alpha value is -2.86. The van der Waals surface area contributed by atoms with Crippen molar-refractivity contribution in [2.24, 2.45) is 7.05 Å². The Balaban J connectivity index is 1.72. The van der Waals surface area contributed by atoms with Gasteiger partial charge in [0.1, 0.15) is 5.69 Å². The number of benzene rings is 1. The van der Waals surface area contributed by atoms with Gasteiger partial charge in [0, 0.05) is 30.6 Å². The molecule has 4 N–H and O–H groups in total. The van der Waals surface area contributed by atoms with Crippen LogP contribution in [0.2, 0.25) is 10.0 Å². The number of aromatic nitrogens is 2. The van der Waals surface area contributed by atoms with Crippen molar-refractivity contribution < 1.29 is 23.1 Å². The van der Waals surface area contributed by atoms with E-state index < -0.39 is 33.0 Å². The van der Waals surface area contributed by atoms with E-state index in [0.29, 0.717) is 26.6 Å². The van der Waals surface area contributed by atoms with Gasteiger partial charge in [-0.25, -0.2) is 14.5 Å². The third-order valence-electron chi connectivity index (χ3n) is 4.78. The number of anilines is 1. The van der Waals surface area contributed by atoms with Gasteiger partial charge in [-0.05, 0) is 43.7 Å². The minimum absolute atomic E-state index is 0.150. The van der Waals surface area contributed by atoms with Crippen LogP contribution in [-0.2, 0) is 17.1 Å². The number of carbonyl (C=O) groups excluding carboxylic acids is 2. The van der Waals surface area contributed by atoms with Gasteiger partial charge in [0.2, 0.25) is 0 Å². The van der Waals surface area contributed by atoms with Crippen LogP contribution in [0.1, 0.15) is 23.8 Å². The van der Waals surface area contributed by atoms with E-state index in [1.807, 2.05) is 4.72 Å². The van der Waals surface area contributed by atoms with Crippen molar-refractivity contribution in [3.8, 4) is 0 Å². The number of hydrogen-bond acceptors (Lipinski definition) is 6. The molecular formula is C20H21Cl2N5O5S. The maximum Gasteiger partial charge on any atom is 0.328 e. The number of amides is 3. The average Bonchev–Trinajstić information content (AvgIpc) is 3.08. The van der Waals surface area contributed by atoms with Crippen LogP contribution in [0.3, 0.4) is 0 Å². The van der Waals surface area contributed by atoms with Crippen molar-refractivity contribution in [3.05, 3.63) is 52.3 Å². The normalized spacial score (nSPS) is 12.4. The molecule has 0 saturated carbocycles. The number of aliphatic hydroxyl groups excluding tert-OH is 1. The Kier molecular flexibility index (Phi) is 7.48. The van der Waals surface area contributed by atoms with E-state index in [1.54, 1.807) is 36.7 Å². The first-order chi connectivity index (χ1) is 15.5. The number of fused-ring (bicyclic) bond motifs is 1. The molecule has 33 heavy (non-hydrogen) atoms. The Labute approximate surface area is 199 Å². The molecule has 0 radical (unpaired) electrons. The summed E-state index contributed by atoms with van der Waals surface area (Å²) in [7, 11) is -2.53. The van der Waals surface area contributed by atoms with E-state index in [4.69, 9.17) is 28.3 Å². The molecule has 0 saturated heterocycles. The summed E-state index contributed by atoms with van der Waals surface area (Å²) in [6.07, 6.45) is 1.43.